The van der Waals surface area contributed by atoms with Gasteiger partial charge in [0.05, 0.1) is 18.1 Å². The normalized spacial score (nSPS) is 25.0. The fraction of sp³-hybridized carbons (Fsp3) is 0.441. The molecule has 1 amide bonds. The van der Waals surface area contributed by atoms with E-state index in [0.29, 0.717) is 48.5 Å². The molecule has 4 heterocycles. The van der Waals surface area contributed by atoms with E-state index < -0.39 is 12.3 Å². The molecule has 5 atom stereocenters. The minimum absolute atomic E-state index is 0. The number of phenolic OH excluding ortho intramolecular Hbond substituents is 2. The van der Waals surface area contributed by atoms with E-state index in [0.717, 1.165) is 38.9 Å². The number of likely N-dealkylation sites (N-methyl/N-ethyl adjacent to an activating group) is 1. The summed E-state index contributed by atoms with van der Waals surface area (Å²) >= 11 is 0. The summed E-state index contributed by atoms with van der Waals surface area (Å²) in [5.74, 6) is 1.44. The van der Waals surface area contributed by atoms with Crippen LogP contribution in [0.15, 0.2) is 36.4 Å². The Hall–Kier alpha value is -2.35. The zero-order valence-electron chi connectivity index (χ0n) is 25.6. The Balaban J connectivity index is 0.00000343. The average Bonchev–Trinajstić information content (AvgIpc) is 3.49. The fourth-order valence-electron chi connectivity index (χ4n) is 7.92. The number of amides is 1. The predicted octanol–water partition coefficient (Wildman–Crippen LogP) is 3.70. The molecule has 1 unspecified atom stereocenters. The van der Waals surface area contributed by atoms with E-state index in [2.05, 4.69) is 21.2 Å². The second-order valence-electron chi connectivity index (χ2n) is 12.5. The van der Waals surface area contributed by atoms with E-state index in [1.165, 1.54) is 0 Å². The van der Waals surface area contributed by atoms with E-state index in [-0.39, 0.29) is 87.2 Å². The van der Waals surface area contributed by atoms with Crippen molar-refractivity contribution in [2.45, 2.75) is 76.8 Å². The molecule has 10 heteroatoms. The van der Waals surface area contributed by atoms with Crippen molar-refractivity contribution in [2.24, 2.45) is 0 Å². The molecule has 2 bridgehead atoms. The first-order valence-corrected chi connectivity index (χ1v) is 15.1. The molecule has 4 aliphatic rings. The summed E-state index contributed by atoms with van der Waals surface area (Å²) in [5.41, 5.74) is 7.01. The van der Waals surface area contributed by atoms with Crippen LogP contribution in [0.5, 0.6) is 23.0 Å². The van der Waals surface area contributed by atoms with Crippen LogP contribution in [0.1, 0.15) is 63.0 Å². The monoisotopic (exact) mass is 812 g/mol. The van der Waals surface area contributed by atoms with Crippen LogP contribution in [-0.2, 0) is 24.1 Å². The Labute approximate surface area is 293 Å². The van der Waals surface area contributed by atoms with Gasteiger partial charge in [0.2, 0.25) is 12.7 Å². The molecular formula is C34H39AcN3O6. The van der Waals surface area contributed by atoms with Gasteiger partial charge in [0, 0.05) is 85.3 Å². The van der Waals surface area contributed by atoms with Crippen molar-refractivity contribution >= 4 is 5.91 Å². The molecule has 1 radical (unpaired) electrons. The molecule has 3 aromatic rings. The van der Waals surface area contributed by atoms with E-state index in [1.807, 2.05) is 58.2 Å². The molecule has 4 N–H and O–H groups in total. The Morgan fingerprint density at radius 3 is 2.45 bits per heavy atom. The van der Waals surface area contributed by atoms with Crippen LogP contribution in [0, 0.1) is 64.8 Å². The van der Waals surface area contributed by atoms with Crippen molar-refractivity contribution in [3.63, 3.8) is 0 Å². The smallest absolute Gasteiger partial charge is 0.231 e. The summed E-state index contributed by atoms with van der Waals surface area (Å²) in [7, 11) is 2.01. The van der Waals surface area contributed by atoms with Crippen molar-refractivity contribution < 1.29 is 73.7 Å². The fourth-order valence-corrected chi connectivity index (χ4v) is 7.92. The number of hydrogen-bond donors (Lipinski definition) is 4. The van der Waals surface area contributed by atoms with Crippen LogP contribution in [-0.4, -0.2) is 69.7 Å². The van der Waals surface area contributed by atoms with Crippen LogP contribution < -0.4 is 14.8 Å². The Morgan fingerprint density at radius 2 is 1.70 bits per heavy atom. The van der Waals surface area contributed by atoms with E-state index in [9.17, 15) is 20.1 Å². The number of benzene rings is 3. The van der Waals surface area contributed by atoms with Gasteiger partial charge in [-0.25, -0.2) is 0 Å². The third-order valence-corrected chi connectivity index (χ3v) is 10.3. The summed E-state index contributed by atoms with van der Waals surface area (Å²) in [4.78, 5) is 17.4. The molecule has 4 aliphatic heterocycles. The predicted molar refractivity (Wildman–Crippen MR) is 160 cm³/mol. The van der Waals surface area contributed by atoms with Crippen molar-refractivity contribution in [3.8, 4) is 23.0 Å². The minimum atomic E-state index is -0.857. The van der Waals surface area contributed by atoms with Crippen LogP contribution in [0.25, 0.3) is 0 Å². The first kappa shape index (κ1) is 31.6. The molecule has 44 heavy (non-hydrogen) atoms. The number of aliphatic hydroxyl groups is 1. The van der Waals surface area contributed by atoms with Crippen LogP contribution in [0.4, 0.5) is 0 Å². The molecule has 0 saturated carbocycles. The van der Waals surface area contributed by atoms with Crippen molar-refractivity contribution in [1.82, 2.24) is 15.1 Å². The number of rotatable bonds is 5. The summed E-state index contributed by atoms with van der Waals surface area (Å²) in [6.45, 7) is 6.03. The Bertz CT molecular complexity index is 1610. The quantitative estimate of drug-likeness (QED) is 0.309. The largest absolute Gasteiger partial charge is 0.507 e. The summed E-state index contributed by atoms with van der Waals surface area (Å²) in [5, 5.41) is 38.2. The number of fused-ring (bicyclic) bond motifs is 9. The van der Waals surface area contributed by atoms with E-state index in [1.54, 1.807) is 0 Å². The summed E-state index contributed by atoms with van der Waals surface area (Å²) in [6, 6.07) is 10.8. The van der Waals surface area contributed by atoms with Crippen molar-refractivity contribution in [3.05, 3.63) is 80.9 Å². The van der Waals surface area contributed by atoms with Gasteiger partial charge in [0.1, 0.15) is 17.7 Å². The van der Waals surface area contributed by atoms with Gasteiger partial charge in [-0.15, -0.1) is 0 Å². The third-order valence-electron chi connectivity index (χ3n) is 10.3. The van der Waals surface area contributed by atoms with Gasteiger partial charge in [-0.05, 0) is 69.3 Å². The third kappa shape index (κ3) is 4.93. The Kier molecular flexibility index (Phi) is 8.70. The van der Waals surface area contributed by atoms with Gasteiger partial charge in [-0.3, -0.25) is 14.6 Å². The van der Waals surface area contributed by atoms with E-state index in [4.69, 9.17) is 9.47 Å². The molecule has 7 rings (SSSR count). The molecular weight excluding hydrogens is 773 g/mol. The number of aliphatic hydroxyl groups excluding tert-OH is 1. The van der Waals surface area contributed by atoms with Crippen molar-refractivity contribution in [2.75, 3.05) is 20.4 Å². The Morgan fingerprint density at radius 1 is 0.977 bits per heavy atom. The number of aromatic hydroxyl groups is 2. The molecule has 0 aliphatic carbocycles. The van der Waals surface area contributed by atoms with E-state index >= 15 is 0 Å². The van der Waals surface area contributed by atoms with Gasteiger partial charge < -0.3 is 30.1 Å². The molecule has 3 aromatic carbocycles. The zero-order valence-corrected chi connectivity index (χ0v) is 30.4. The van der Waals surface area contributed by atoms with Gasteiger partial charge in [-0.2, -0.15) is 0 Å². The molecule has 1 saturated heterocycles. The number of piperazine rings is 1. The number of nitrogens with zero attached hydrogens (tertiary/aromatic N) is 2. The zero-order chi connectivity index (χ0) is 30.2. The number of nitrogens with one attached hydrogen (secondary N) is 1. The summed E-state index contributed by atoms with van der Waals surface area (Å²) in [6.07, 6.45) is 1.12. The number of carbonyl (C=O) groups excluding carboxylic acids is 1. The standard InChI is InChI=1S/C34H39N3O6.Ac/c1-17-12-21-13-24-34(41)37-23(29(36(24)4)27(21)31(40)18(17)2)14-22-28(33-32(42-16-43-33)19(3)30(22)39)25(37)15-35-26(38)11-10-20-8-6-5-7-9-20;/h5-9,12,23-25,29,34,39-41H,10-11,13-16H2,1-4H3,(H,35,38);/t23?,24-,25-,29+,34-;/m0./s1. The second kappa shape index (κ2) is 12.1. The number of ether oxygens (including phenoxy) is 2. The maximum atomic E-state index is 13.2. The number of hydrogen-bond acceptors (Lipinski definition) is 8. The average molecular weight is 813 g/mol. The number of carbonyl (C=O) groups is 1. The molecule has 0 aromatic heterocycles. The van der Waals surface area contributed by atoms with Gasteiger partial charge in [0.15, 0.2) is 11.5 Å². The van der Waals surface area contributed by atoms with Gasteiger partial charge >= 0.3 is 0 Å². The van der Waals surface area contributed by atoms with Crippen LogP contribution in [0.2, 0.25) is 0 Å². The number of phenols is 2. The van der Waals surface area contributed by atoms with Gasteiger partial charge in [-0.1, -0.05) is 36.4 Å². The summed E-state index contributed by atoms with van der Waals surface area (Å²) < 4.78 is 11.8. The maximum Gasteiger partial charge on any atom is 0.231 e. The topological polar surface area (TPSA) is 115 Å². The van der Waals surface area contributed by atoms with Crippen LogP contribution >= 0.6 is 0 Å². The maximum absolute atomic E-state index is 13.2. The minimum Gasteiger partial charge on any atom is -0.507 e. The second-order valence-corrected chi connectivity index (χ2v) is 12.5. The first-order chi connectivity index (χ1) is 20.7. The number of aryl methyl sites for hydroxylation is 2. The van der Waals surface area contributed by atoms with Crippen LogP contribution in [0.3, 0.4) is 0 Å². The van der Waals surface area contributed by atoms with Crippen molar-refractivity contribution in [1.29, 1.82) is 0 Å². The van der Waals surface area contributed by atoms with Gasteiger partial charge in [0.25, 0.3) is 0 Å². The molecule has 1 fully saturated rings. The molecule has 229 valence electrons. The SMILES string of the molecule is Cc1cc2c(c(O)c1C)[C@H]1C3Cc4c(O)c(C)c5c(c4[C@H](CNC(=O)CCc4ccccc4)N3[C@@H](O)[C@H](C2)N1C)OCO5.[Ac]. The molecule has 0 spiro atoms. The molecule has 9 nitrogen and oxygen atoms in total. The first-order valence-electron chi connectivity index (χ1n) is 15.1.